The highest BCUT2D eigenvalue weighted by Crippen LogP contribution is 2.30. The largest absolute Gasteiger partial charge is 0.361 e. The molecule has 4 rings (SSSR count). The van der Waals surface area contributed by atoms with Crippen LogP contribution < -0.4 is 0 Å². The Morgan fingerprint density at radius 3 is 2.73 bits per heavy atom. The number of aryl methyl sites for hydroxylation is 2. The maximum Gasteiger partial charge on any atom is 0.259 e. The molecule has 6 nitrogen and oxygen atoms in total. The fourth-order valence-electron chi connectivity index (χ4n) is 3.66. The minimum atomic E-state index is 0.00991. The van der Waals surface area contributed by atoms with Gasteiger partial charge in [0.25, 0.3) is 5.91 Å². The quantitative estimate of drug-likeness (QED) is 0.833. The third-order valence-electron chi connectivity index (χ3n) is 4.90. The topological polar surface area (TPSA) is 66.7 Å². The van der Waals surface area contributed by atoms with E-state index in [-0.39, 0.29) is 17.9 Å². The summed E-state index contributed by atoms with van der Waals surface area (Å²) in [7, 11) is 0. The normalized spacial score (nSPS) is 24.5. The number of nitrogens with zero attached hydrogens (tertiary/aromatic N) is 3. The summed E-state index contributed by atoms with van der Waals surface area (Å²) >= 11 is 0. The third-order valence-corrected chi connectivity index (χ3v) is 4.90. The maximum absolute atomic E-state index is 13.0. The molecule has 0 aromatic carbocycles. The number of hydrogen-bond donors (Lipinski definition) is 0. The lowest BCUT2D eigenvalue weighted by molar-refractivity contribution is -0.129. The fraction of sp³-hybridized carbons (Fsp3) is 0.688. The van der Waals surface area contributed by atoms with Gasteiger partial charge in [-0.25, -0.2) is 0 Å². The van der Waals surface area contributed by atoms with E-state index in [0.29, 0.717) is 30.2 Å². The van der Waals surface area contributed by atoms with E-state index in [1.807, 2.05) is 16.7 Å². The van der Waals surface area contributed by atoms with E-state index in [0.717, 1.165) is 31.6 Å². The Balaban J connectivity index is 1.87. The third kappa shape index (κ3) is 2.51. The van der Waals surface area contributed by atoms with Crippen LogP contribution in [0.5, 0.6) is 0 Å². The van der Waals surface area contributed by atoms with E-state index in [9.17, 15) is 9.59 Å². The van der Waals surface area contributed by atoms with Crippen LogP contribution in [-0.4, -0.2) is 52.4 Å². The molecule has 22 heavy (non-hydrogen) atoms. The number of carbonyl (C=O) groups excluding carboxylic acids is 2. The van der Waals surface area contributed by atoms with Crippen LogP contribution in [0.25, 0.3) is 0 Å². The molecule has 1 aromatic rings. The molecule has 0 N–H and O–H groups in total. The van der Waals surface area contributed by atoms with Gasteiger partial charge in [-0.2, -0.15) is 0 Å². The van der Waals surface area contributed by atoms with Gasteiger partial charge in [-0.05, 0) is 32.1 Å². The van der Waals surface area contributed by atoms with E-state index in [4.69, 9.17) is 4.52 Å². The van der Waals surface area contributed by atoms with Crippen molar-refractivity contribution in [1.29, 1.82) is 0 Å². The molecule has 0 saturated carbocycles. The van der Waals surface area contributed by atoms with Crippen LogP contribution in [0.2, 0.25) is 0 Å². The molecule has 2 bridgehead atoms. The highest BCUT2D eigenvalue weighted by molar-refractivity contribution is 5.96. The van der Waals surface area contributed by atoms with E-state index in [1.165, 1.54) is 0 Å². The summed E-state index contributed by atoms with van der Waals surface area (Å²) in [5, 5.41) is 3.99. The van der Waals surface area contributed by atoms with Gasteiger partial charge in [0.1, 0.15) is 11.3 Å². The first-order valence-electron chi connectivity index (χ1n) is 8.02. The lowest BCUT2D eigenvalue weighted by Gasteiger charge is -2.36. The summed E-state index contributed by atoms with van der Waals surface area (Å²) in [6.45, 7) is 7.50. The number of amides is 2. The van der Waals surface area contributed by atoms with E-state index in [1.54, 1.807) is 13.8 Å². The van der Waals surface area contributed by atoms with Gasteiger partial charge in [-0.1, -0.05) is 12.1 Å². The lowest BCUT2D eigenvalue weighted by atomic mass is 9.94. The smallest absolute Gasteiger partial charge is 0.259 e. The average molecular weight is 305 g/mol. The first-order valence-corrected chi connectivity index (χ1v) is 8.02. The minimum Gasteiger partial charge on any atom is -0.361 e. The Labute approximate surface area is 130 Å². The molecule has 0 radical (unpaired) electrons. The second-order valence-corrected chi connectivity index (χ2v) is 6.39. The Morgan fingerprint density at radius 1 is 1.27 bits per heavy atom. The van der Waals surface area contributed by atoms with Crippen molar-refractivity contribution in [3.05, 3.63) is 17.0 Å². The zero-order chi connectivity index (χ0) is 15.9. The van der Waals surface area contributed by atoms with Gasteiger partial charge in [-0.3, -0.25) is 9.59 Å². The van der Waals surface area contributed by atoms with Crippen LogP contribution in [0.15, 0.2) is 4.52 Å². The van der Waals surface area contributed by atoms with E-state index in [2.05, 4.69) is 5.16 Å². The fourth-order valence-corrected chi connectivity index (χ4v) is 3.66. The van der Waals surface area contributed by atoms with Gasteiger partial charge in [-0.15, -0.1) is 0 Å². The van der Waals surface area contributed by atoms with Crippen molar-refractivity contribution >= 4 is 11.8 Å². The van der Waals surface area contributed by atoms with Gasteiger partial charge in [0.2, 0.25) is 5.91 Å². The first kappa shape index (κ1) is 15.1. The summed E-state index contributed by atoms with van der Waals surface area (Å²) in [4.78, 5) is 28.6. The lowest BCUT2D eigenvalue weighted by Crippen LogP contribution is -2.47. The Hall–Kier alpha value is -1.85. The van der Waals surface area contributed by atoms with Crippen LogP contribution in [-0.2, 0) is 11.2 Å². The predicted octanol–water partition coefficient (Wildman–Crippen LogP) is 1.63. The molecule has 4 heterocycles. The highest BCUT2D eigenvalue weighted by Gasteiger charge is 2.39. The number of rotatable bonds is 2. The zero-order valence-electron chi connectivity index (χ0n) is 13.5. The molecule has 120 valence electrons. The molecule has 2 amide bonds. The van der Waals surface area contributed by atoms with E-state index < -0.39 is 0 Å². The van der Waals surface area contributed by atoms with Crippen LogP contribution in [0.3, 0.4) is 0 Å². The SMILES string of the molecule is CCc1noc(C)c1C(=O)N1CC2CCC1CN(C(C)=O)C2. The van der Waals surface area contributed by atoms with Gasteiger partial charge in [0.15, 0.2) is 0 Å². The summed E-state index contributed by atoms with van der Waals surface area (Å²) in [5.41, 5.74) is 1.34. The van der Waals surface area contributed by atoms with Crippen LogP contribution in [0.4, 0.5) is 0 Å². The molecule has 3 fully saturated rings. The average Bonchev–Trinajstić information content (AvgIpc) is 2.67. The van der Waals surface area contributed by atoms with Gasteiger partial charge in [0, 0.05) is 32.6 Å². The van der Waals surface area contributed by atoms with E-state index >= 15 is 0 Å². The highest BCUT2D eigenvalue weighted by atomic mass is 16.5. The van der Waals surface area contributed by atoms with Crippen LogP contribution in [0, 0.1) is 12.8 Å². The number of fused-ring (bicyclic) bond motifs is 4. The van der Waals surface area contributed by atoms with Crippen LogP contribution in [0.1, 0.15) is 48.5 Å². The summed E-state index contributed by atoms with van der Waals surface area (Å²) in [6.07, 6.45) is 2.73. The number of piperidine rings is 1. The van der Waals surface area contributed by atoms with Crippen molar-refractivity contribution in [3.63, 3.8) is 0 Å². The van der Waals surface area contributed by atoms with Crippen LogP contribution >= 0.6 is 0 Å². The summed E-state index contributed by atoms with van der Waals surface area (Å²) in [5.74, 6) is 1.07. The molecule has 3 aliphatic heterocycles. The molecule has 2 atom stereocenters. The van der Waals surface area contributed by atoms with Gasteiger partial charge >= 0.3 is 0 Å². The van der Waals surface area contributed by atoms with Crippen molar-refractivity contribution in [1.82, 2.24) is 15.0 Å². The maximum atomic E-state index is 13.0. The van der Waals surface area contributed by atoms with Gasteiger partial charge < -0.3 is 14.3 Å². The standard InChI is InChI=1S/C16H23N3O3/c1-4-14-15(10(2)22-17-14)16(21)19-8-12-5-6-13(19)9-18(7-12)11(3)20/h12-13H,4-9H2,1-3H3. The molecular formula is C16H23N3O3. The number of aromatic nitrogens is 1. The molecule has 3 aliphatic rings. The molecule has 1 aromatic heterocycles. The Bertz CT molecular complexity index is 595. The minimum absolute atomic E-state index is 0.00991. The first-order chi connectivity index (χ1) is 10.5. The molecule has 2 unspecified atom stereocenters. The second-order valence-electron chi connectivity index (χ2n) is 6.39. The zero-order valence-corrected chi connectivity index (χ0v) is 13.5. The van der Waals surface area contributed by atoms with Crippen molar-refractivity contribution in [2.45, 2.75) is 46.1 Å². The van der Waals surface area contributed by atoms with Crippen molar-refractivity contribution in [3.8, 4) is 0 Å². The Kier molecular flexibility index (Phi) is 3.93. The van der Waals surface area contributed by atoms with Crippen molar-refractivity contribution in [2.75, 3.05) is 19.6 Å². The molecular weight excluding hydrogens is 282 g/mol. The molecule has 0 aliphatic carbocycles. The summed E-state index contributed by atoms with van der Waals surface area (Å²) < 4.78 is 5.21. The second kappa shape index (κ2) is 5.74. The van der Waals surface area contributed by atoms with Gasteiger partial charge in [0.05, 0.1) is 5.69 Å². The number of carbonyl (C=O) groups is 2. The number of hydrogen-bond acceptors (Lipinski definition) is 4. The molecule has 3 saturated heterocycles. The predicted molar refractivity (Wildman–Crippen MR) is 80.4 cm³/mol. The summed E-state index contributed by atoms with van der Waals surface area (Å²) in [6, 6.07) is 0.106. The van der Waals surface area contributed by atoms with Crippen molar-refractivity contribution in [2.24, 2.45) is 5.92 Å². The molecule has 6 heteroatoms. The van der Waals surface area contributed by atoms with Crippen molar-refractivity contribution < 1.29 is 14.1 Å². The Morgan fingerprint density at radius 2 is 2.05 bits per heavy atom. The monoisotopic (exact) mass is 305 g/mol. The molecule has 0 spiro atoms.